The Morgan fingerprint density at radius 1 is 0.952 bits per heavy atom. The third-order valence-corrected chi connectivity index (χ3v) is 3.56. The molecule has 0 amide bonds. The second-order valence-electron chi connectivity index (χ2n) is 4.86. The van der Waals surface area contributed by atoms with E-state index in [4.69, 9.17) is 16.3 Å². The van der Waals surface area contributed by atoms with Gasteiger partial charge in [-0.1, -0.05) is 41.9 Å². The van der Waals surface area contributed by atoms with Crippen molar-refractivity contribution in [2.24, 2.45) is 0 Å². The minimum absolute atomic E-state index is 0.369. The monoisotopic (exact) mass is 296 g/mol. The first-order chi connectivity index (χ1) is 10.1. The summed E-state index contributed by atoms with van der Waals surface area (Å²) < 4.78 is 5.44. The van der Waals surface area contributed by atoms with Crippen LogP contribution < -0.4 is 4.74 Å². The van der Waals surface area contributed by atoms with Crippen molar-refractivity contribution in [3.63, 3.8) is 0 Å². The van der Waals surface area contributed by atoms with Gasteiger partial charge in [-0.3, -0.25) is 0 Å². The molecule has 3 aromatic carbocycles. The highest BCUT2D eigenvalue weighted by atomic mass is 35.5. The van der Waals surface area contributed by atoms with Gasteiger partial charge in [0, 0.05) is 5.02 Å². The number of halogens is 1. The first kappa shape index (κ1) is 13.7. The second-order valence-corrected chi connectivity index (χ2v) is 5.30. The number of benzene rings is 3. The number of rotatable bonds is 2. The first-order valence-corrected chi connectivity index (χ1v) is 6.98. The van der Waals surface area contributed by atoms with Crippen LogP contribution in [0.1, 0.15) is 15.9 Å². The van der Waals surface area contributed by atoms with E-state index in [1.54, 1.807) is 24.3 Å². The van der Waals surface area contributed by atoms with E-state index in [1.807, 2.05) is 43.3 Å². The van der Waals surface area contributed by atoms with Crippen LogP contribution in [0.5, 0.6) is 5.75 Å². The fourth-order valence-electron chi connectivity index (χ4n) is 2.20. The molecular formula is C18H13ClO2. The predicted molar refractivity (Wildman–Crippen MR) is 85.1 cm³/mol. The summed E-state index contributed by atoms with van der Waals surface area (Å²) in [7, 11) is 0. The van der Waals surface area contributed by atoms with E-state index in [9.17, 15) is 4.79 Å². The summed E-state index contributed by atoms with van der Waals surface area (Å²) in [6.07, 6.45) is 0. The third-order valence-electron chi connectivity index (χ3n) is 3.32. The average Bonchev–Trinajstić information content (AvgIpc) is 2.49. The number of esters is 1. The summed E-state index contributed by atoms with van der Waals surface area (Å²) in [5.41, 5.74) is 1.36. The quantitative estimate of drug-likeness (QED) is 0.490. The van der Waals surface area contributed by atoms with Crippen molar-refractivity contribution < 1.29 is 9.53 Å². The molecule has 0 N–H and O–H groups in total. The van der Waals surface area contributed by atoms with Gasteiger partial charge in [-0.2, -0.15) is 0 Å². The maximum Gasteiger partial charge on any atom is 0.343 e. The van der Waals surface area contributed by atoms with E-state index in [-0.39, 0.29) is 5.97 Å². The number of ether oxygens (including phenoxy) is 1. The third kappa shape index (κ3) is 2.91. The number of fused-ring (bicyclic) bond motifs is 1. The number of hydrogen-bond acceptors (Lipinski definition) is 2. The van der Waals surface area contributed by atoms with Gasteiger partial charge in [0.25, 0.3) is 0 Å². The molecule has 0 aliphatic rings. The van der Waals surface area contributed by atoms with E-state index >= 15 is 0 Å². The summed E-state index contributed by atoms with van der Waals surface area (Å²) in [5.74, 6) is 0.156. The fourth-order valence-corrected chi connectivity index (χ4v) is 2.43. The maximum absolute atomic E-state index is 12.2. The number of carbonyl (C=O) groups excluding carboxylic acids is 1. The molecule has 0 heterocycles. The van der Waals surface area contributed by atoms with E-state index in [1.165, 1.54) is 0 Å². The van der Waals surface area contributed by atoms with Gasteiger partial charge >= 0.3 is 5.97 Å². The van der Waals surface area contributed by atoms with Crippen LogP contribution in [0.4, 0.5) is 0 Å². The first-order valence-electron chi connectivity index (χ1n) is 6.60. The standard InChI is InChI=1S/C18H13ClO2/c1-12-10-16(19)8-9-17(12)21-18(20)15-7-6-13-4-2-3-5-14(13)11-15/h2-11H,1H3. The molecule has 0 aliphatic carbocycles. The SMILES string of the molecule is Cc1cc(Cl)ccc1OC(=O)c1ccc2ccccc2c1. The molecule has 0 saturated carbocycles. The van der Waals surface area contributed by atoms with Crippen molar-refractivity contribution in [1.82, 2.24) is 0 Å². The zero-order chi connectivity index (χ0) is 14.8. The topological polar surface area (TPSA) is 26.3 Å². The van der Waals surface area contributed by atoms with Crippen LogP contribution >= 0.6 is 11.6 Å². The van der Waals surface area contributed by atoms with Gasteiger partial charge in [-0.15, -0.1) is 0 Å². The summed E-state index contributed by atoms with van der Waals surface area (Å²) in [6, 6.07) is 18.6. The van der Waals surface area contributed by atoms with Crippen molar-refractivity contribution in [2.75, 3.05) is 0 Å². The summed E-state index contributed by atoms with van der Waals surface area (Å²) in [5, 5.41) is 2.73. The largest absolute Gasteiger partial charge is 0.423 e. The number of carbonyl (C=O) groups is 1. The van der Waals surface area contributed by atoms with Crippen molar-refractivity contribution in [2.45, 2.75) is 6.92 Å². The van der Waals surface area contributed by atoms with E-state index in [0.717, 1.165) is 16.3 Å². The van der Waals surface area contributed by atoms with Crippen molar-refractivity contribution >= 4 is 28.3 Å². The summed E-state index contributed by atoms with van der Waals surface area (Å²) in [4.78, 5) is 12.2. The van der Waals surface area contributed by atoms with Crippen LogP contribution in [-0.4, -0.2) is 5.97 Å². The van der Waals surface area contributed by atoms with Gasteiger partial charge in [0.05, 0.1) is 5.56 Å². The van der Waals surface area contributed by atoms with Gasteiger partial charge in [0.2, 0.25) is 0 Å². The molecule has 21 heavy (non-hydrogen) atoms. The maximum atomic E-state index is 12.2. The molecule has 0 atom stereocenters. The van der Waals surface area contributed by atoms with Crippen LogP contribution in [-0.2, 0) is 0 Å². The molecule has 0 unspecified atom stereocenters. The second kappa shape index (κ2) is 5.58. The Morgan fingerprint density at radius 2 is 1.71 bits per heavy atom. The van der Waals surface area contributed by atoms with Crippen LogP contribution in [0.2, 0.25) is 5.02 Å². The predicted octanol–water partition coefficient (Wildman–Crippen LogP) is 5.02. The molecule has 104 valence electrons. The number of hydrogen-bond donors (Lipinski definition) is 0. The van der Waals surface area contributed by atoms with Crippen LogP contribution in [0.3, 0.4) is 0 Å². The minimum atomic E-state index is -0.369. The van der Waals surface area contributed by atoms with Gasteiger partial charge in [-0.25, -0.2) is 4.79 Å². The molecule has 2 nitrogen and oxygen atoms in total. The normalized spacial score (nSPS) is 10.6. The van der Waals surface area contributed by atoms with E-state index < -0.39 is 0 Å². The van der Waals surface area contributed by atoms with Crippen molar-refractivity contribution in [3.05, 3.63) is 76.8 Å². The highest BCUT2D eigenvalue weighted by Gasteiger charge is 2.11. The van der Waals surface area contributed by atoms with Gasteiger partial charge in [-0.05, 0) is 53.6 Å². The van der Waals surface area contributed by atoms with Crippen LogP contribution in [0, 0.1) is 6.92 Å². The zero-order valence-electron chi connectivity index (χ0n) is 11.5. The molecule has 0 saturated heterocycles. The minimum Gasteiger partial charge on any atom is -0.423 e. The molecule has 0 aromatic heterocycles. The Labute approximate surface area is 127 Å². The zero-order valence-corrected chi connectivity index (χ0v) is 12.2. The number of aryl methyl sites for hydroxylation is 1. The Morgan fingerprint density at radius 3 is 2.48 bits per heavy atom. The molecule has 3 aromatic rings. The summed E-state index contributed by atoms with van der Waals surface area (Å²) in [6.45, 7) is 1.86. The lowest BCUT2D eigenvalue weighted by Gasteiger charge is -2.08. The molecule has 0 fully saturated rings. The summed E-state index contributed by atoms with van der Waals surface area (Å²) >= 11 is 5.90. The molecular weight excluding hydrogens is 284 g/mol. The lowest BCUT2D eigenvalue weighted by Crippen LogP contribution is -2.09. The molecule has 3 heteroatoms. The van der Waals surface area contributed by atoms with Crippen molar-refractivity contribution in [1.29, 1.82) is 0 Å². The van der Waals surface area contributed by atoms with Crippen LogP contribution in [0.25, 0.3) is 10.8 Å². The smallest absolute Gasteiger partial charge is 0.343 e. The molecule has 0 bridgehead atoms. The molecule has 0 aliphatic heterocycles. The fraction of sp³-hybridized carbons (Fsp3) is 0.0556. The van der Waals surface area contributed by atoms with Gasteiger partial charge in [0.1, 0.15) is 5.75 Å². The molecule has 0 spiro atoms. The molecule has 3 rings (SSSR count). The molecule has 0 radical (unpaired) electrons. The Kier molecular flexibility index (Phi) is 3.63. The van der Waals surface area contributed by atoms with E-state index in [0.29, 0.717) is 16.3 Å². The van der Waals surface area contributed by atoms with Gasteiger partial charge < -0.3 is 4.74 Å². The van der Waals surface area contributed by atoms with Crippen molar-refractivity contribution in [3.8, 4) is 5.75 Å². The Bertz CT molecular complexity index is 824. The highest BCUT2D eigenvalue weighted by Crippen LogP contribution is 2.23. The highest BCUT2D eigenvalue weighted by molar-refractivity contribution is 6.30. The Balaban J connectivity index is 1.89. The van der Waals surface area contributed by atoms with Gasteiger partial charge in [0.15, 0.2) is 0 Å². The lowest BCUT2D eigenvalue weighted by molar-refractivity contribution is 0.0733. The average molecular weight is 297 g/mol. The lowest BCUT2D eigenvalue weighted by atomic mass is 10.1. The Hall–Kier alpha value is -2.32. The van der Waals surface area contributed by atoms with Crippen LogP contribution in [0.15, 0.2) is 60.7 Å². The van der Waals surface area contributed by atoms with E-state index in [2.05, 4.69) is 0 Å².